The maximum Gasteiger partial charge on any atom is 0.223 e. The molecular formula is C24H48N2O2. The zero-order valence-corrected chi connectivity index (χ0v) is 19.2. The summed E-state index contributed by atoms with van der Waals surface area (Å²) in [6, 6.07) is 0. The first-order valence-corrected chi connectivity index (χ1v) is 12.2. The normalized spacial score (nSPS) is 10.8. The molecule has 0 aromatic heterocycles. The second-order valence-corrected chi connectivity index (χ2v) is 8.12. The molecule has 0 aromatic rings. The molecule has 0 spiro atoms. The Labute approximate surface area is 175 Å². The van der Waals surface area contributed by atoms with Crippen LogP contribution in [0.1, 0.15) is 124 Å². The van der Waals surface area contributed by atoms with E-state index < -0.39 is 0 Å². The van der Waals surface area contributed by atoms with Gasteiger partial charge in [0.25, 0.3) is 0 Å². The van der Waals surface area contributed by atoms with Crippen LogP contribution in [-0.2, 0) is 9.59 Å². The summed E-state index contributed by atoms with van der Waals surface area (Å²) in [6.45, 7) is 8.95. The molecule has 4 nitrogen and oxygen atoms in total. The summed E-state index contributed by atoms with van der Waals surface area (Å²) in [5.74, 6) is 0.159. The monoisotopic (exact) mass is 396 g/mol. The Balaban J connectivity index is 3.65. The van der Waals surface area contributed by atoms with Crippen LogP contribution in [0.5, 0.6) is 0 Å². The topological polar surface area (TPSA) is 49.4 Å². The van der Waals surface area contributed by atoms with Crippen molar-refractivity contribution in [2.75, 3.05) is 19.6 Å². The number of rotatable bonds is 20. The Morgan fingerprint density at radius 1 is 0.607 bits per heavy atom. The minimum absolute atomic E-state index is 0.0233. The van der Waals surface area contributed by atoms with Gasteiger partial charge in [0, 0.05) is 32.5 Å². The molecule has 1 N–H and O–H groups in total. The summed E-state index contributed by atoms with van der Waals surface area (Å²) in [6.07, 6.45) is 18.0. The molecular weight excluding hydrogens is 348 g/mol. The molecule has 28 heavy (non-hydrogen) atoms. The number of carbonyl (C=O) groups excluding carboxylic acids is 2. The van der Waals surface area contributed by atoms with Gasteiger partial charge in [-0.1, -0.05) is 91.4 Å². The predicted octanol–water partition coefficient (Wildman–Crippen LogP) is 6.23. The average molecular weight is 397 g/mol. The molecule has 0 heterocycles. The second kappa shape index (κ2) is 20.7. The van der Waals surface area contributed by atoms with Gasteiger partial charge in [-0.3, -0.25) is 9.59 Å². The highest BCUT2D eigenvalue weighted by atomic mass is 16.2. The van der Waals surface area contributed by atoms with Crippen LogP contribution in [0.4, 0.5) is 0 Å². The highest BCUT2D eigenvalue weighted by Crippen LogP contribution is 2.10. The lowest BCUT2D eigenvalue weighted by atomic mass is 10.1. The maximum atomic E-state index is 12.4. The summed E-state index contributed by atoms with van der Waals surface area (Å²) < 4.78 is 0. The van der Waals surface area contributed by atoms with Crippen LogP contribution >= 0.6 is 0 Å². The van der Waals surface area contributed by atoms with Gasteiger partial charge in [0.1, 0.15) is 0 Å². The number of unbranched alkanes of at least 4 members (excludes halogenated alkanes) is 11. The highest BCUT2D eigenvalue weighted by Gasteiger charge is 2.14. The van der Waals surface area contributed by atoms with E-state index in [1.165, 1.54) is 57.8 Å². The fraction of sp³-hybridized carbons (Fsp3) is 0.917. The van der Waals surface area contributed by atoms with Crippen molar-refractivity contribution in [1.29, 1.82) is 0 Å². The predicted molar refractivity (Wildman–Crippen MR) is 120 cm³/mol. The van der Waals surface area contributed by atoms with Gasteiger partial charge in [0.15, 0.2) is 0 Å². The Morgan fingerprint density at radius 3 is 1.57 bits per heavy atom. The molecule has 0 aliphatic heterocycles. The molecule has 0 aliphatic carbocycles. The molecule has 2 amide bonds. The van der Waals surface area contributed by atoms with Gasteiger partial charge in [0.2, 0.25) is 11.8 Å². The van der Waals surface area contributed by atoms with E-state index >= 15 is 0 Å². The van der Waals surface area contributed by atoms with Gasteiger partial charge < -0.3 is 10.2 Å². The molecule has 0 aliphatic rings. The molecule has 0 rings (SSSR count). The van der Waals surface area contributed by atoms with E-state index in [2.05, 4.69) is 26.1 Å². The van der Waals surface area contributed by atoms with Crippen LogP contribution in [0.25, 0.3) is 0 Å². The molecule has 166 valence electrons. The zero-order chi connectivity index (χ0) is 20.9. The van der Waals surface area contributed by atoms with Crippen molar-refractivity contribution in [3.05, 3.63) is 0 Å². The Kier molecular flexibility index (Phi) is 19.9. The summed E-state index contributed by atoms with van der Waals surface area (Å²) in [7, 11) is 0. The summed E-state index contributed by atoms with van der Waals surface area (Å²) in [5.41, 5.74) is 0. The number of nitrogens with zero attached hydrogens (tertiary/aromatic N) is 1. The number of amides is 2. The second-order valence-electron chi connectivity index (χ2n) is 8.12. The maximum absolute atomic E-state index is 12.4. The smallest absolute Gasteiger partial charge is 0.223 e. The van der Waals surface area contributed by atoms with Crippen LogP contribution in [0, 0.1) is 0 Å². The number of nitrogens with one attached hydrogen (secondary N) is 1. The third-order valence-corrected chi connectivity index (χ3v) is 5.33. The van der Waals surface area contributed by atoms with Crippen molar-refractivity contribution in [3.63, 3.8) is 0 Å². The van der Waals surface area contributed by atoms with Crippen molar-refractivity contribution in [1.82, 2.24) is 10.2 Å². The van der Waals surface area contributed by atoms with Crippen molar-refractivity contribution in [3.8, 4) is 0 Å². The standard InChI is InChI=1S/C24H48N2O2/c1-4-7-10-11-12-13-14-15-16-17-20-25-23(27)18-19-24(28)26(21-8-5-2)22-9-6-3/h4-22H2,1-3H3,(H,25,27). The van der Waals surface area contributed by atoms with Crippen LogP contribution < -0.4 is 5.32 Å². The molecule has 0 atom stereocenters. The van der Waals surface area contributed by atoms with Crippen LogP contribution in [0.3, 0.4) is 0 Å². The fourth-order valence-corrected chi connectivity index (χ4v) is 3.37. The molecule has 0 saturated carbocycles. The van der Waals surface area contributed by atoms with Gasteiger partial charge in [0.05, 0.1) is 0 Å². The lowest BCUT2D eigenvalue weighted by Crippen LogP contribution is -2.34. The van der Waals surface area contributed by atoms with Gasteiger partial charge in [-0.2, -0.15) is 0 Å². The third-order valence-electron chi connectivity index (χ3n) is 5.33. The molecule has 0 bridgehead atoms. The summed E-state index contributed by atoms with van der Waals surface area (Å²) in [4.78, 5) is 26.3. The highest BCUT2D eigenvalue weighted by molar-refractivity contribution is 5.83. The van der Waals surface area contributed by atoms with Gasteiger partial charge in [-0.15, -0.1) is 0 Å². The van der Waals surface area contributed by atoms with E-state index in [-0.39, 0.29) is 11.8 Å². The van der Waals surface area contributed by atoms with Gasteiger partial charge in [-0.25, -0.2) is 0 Å². The molecule has 0 aromatic carbocycles. The van der Waals surface area contributed by atoms with Crippen molar-refractivity contribution < 1.29 is 9.59 Å². The first-order chi connectivity index (χ1) is 13.7. The SMILES string of the molecule is CCCCCCCCCCCCNC(=O)CCC(=O)N(CCCC)CCCC. The van der Waals surface area contributed by atoms with E-state index in [0.717, 1.165) is 51.7 Å². The first kappa shape index (κ1) is 26.9. The van der Waals surface area contributed by atoms with E-state index in [1.54, 1.807) is 0 Å². The van der Waals surface area contributed by atoms with Crippen molar-refractivity contribution in [2.45, 2.75) is 124 Å². The molecule has 4 heteroatoms. The zero-order valence-electron chi connectivity index (χ0n) is 19.2. The van der Waals surface area contributed by atoms with Crippen LogP contribution in [0.2, 0.25) is 0 Å². The first-order valence-electron chi connectivity index (χ1n) is 12.2. The summed E-state index contributed by atoms with van der Waals surface area (Å²) in [5, 5.41) is 2.98. The van der Waals surface area contributed by atoms with E-state index in [9.17, 15) is 9.59 Å². The average Bonchev–Trinajstić information content (AvgIpc) is 2.70. The third kappa shape index (κ3) is 17.1. The molecule has 0 radical (unpaired) electrons. The van der Waals surface area contributed by atoms with Crippen molar-refractivity contribution >= 4 is 11.8 Å². The quantitative estimate of drug-likeness (QED) is 0.248. The van der Waals surface area contributed by atoms with Crippen LogP contribution in [0.15, 0.2) is 0 Å². The fourth-order valence-electron chi connectivity index (χ4n) is 3.37. The molecule has 0 fully saturated rings. The minimum atomic E-state index is 0.0233. The number of carbonyl (C=O) groups is 2. The molecule has 0 saturated heterocycles. The van der Waals surface area contributed by atoms with Crippen LogP contribution in [-0.4, -0.2) is 36.3 Å². The Morgan fingerprint density at radius 2 is 1.07 bits per heavy atom. The van der Waals surface area contributed by atoms with Gasteiger partial charge in [-0.05, 0) is 19.3 Å². The lowest BCUT2D eigenvalue weighted by molar-refractivity contribution is -0.133. The minimum Gasteiger partial charge on any atom is -0.356 e. The van der Waals surface area contributed by atoms with E-state index in [1.807, 2.05) is 4.90 Å². The Hall–Kier alpha value is -1.06. The largest absolute Gasteiger partial charge is 0.356 e. The van der Waals surface area contributed by atoms with E-state index in [4.69, 9.17) is 0 Å². The van der Waals surface area contributed by atoms with Crippen molar-refractivity contribution in [2.24, 2.45) is 0 Å². The Bertz CT molecular complexity index is 364. The number of hydrogen-bond donors (Lipinski definition) is 1. The van der Waals surface area contributed by atoms with E-state index in [0.29, 0.717) is 12.8 Å². The summed E-state index contributed by atoms with van der Waals surface area (Å²) >= 11 is 0. The number of hydrogen-bond acceptors (Lipinski definition) is 2. The lowest BCUT2D eigenvalue weighted by Gasteiger charge is -2.22. The molecule has 0 unspecified atom stereocenters. The van der Waals surface area contributed by atoms with Gasteiger partial charge >= 0.3 is 0 Å².